The van der Waals surface area contributed by atoms with Crippen LogP contribution in [0.25, 0.3) is 0 Å². The Hall–Kier alpha value is -0.970. The van der Waals surface area contributed by atoms with Gasteiger partial charge < -0.3 is 15.0 Å². The molecule has 0 bridgehead atoms. The third-order valence-electron chi connectivity index (χ3n) is 2.77. The van der Waals surface area contributed by atoms with Gasteiger partial charge in [-0.05, 0) is 26.1 Å². The molecule has 0 unspecified atom stereocenters. The second-order valence-electron chi connectivity index (χ2n) is 4.32. The predicted molar refractivity (Wildman–Crippen MR) is 74.8 cm³/mol. The van der Waals surface area contributed by atoms with Crippen molar-refractivity contribution >= 4 is 0 Å². The number of nitrogens with zero attached hydrogens (tertiary/aromatic N) is 2. The van der Waals surface area contributed by atoms with Crippen LogP contribution in [-0.2, 0) is 11.2 Å². The zero-order chi connectivity index (χ0) is 13.1. The summed E-state index contributed by atoms with van der Waals surface area (Å²) < 4.78 is 5.26. The Bertz CT molecular complexity index is 292. The number of pyridine rings is 1. The summed E-state index contributed by atoms with van der Waals surface area (Å²) in [5.41, 5.74) is 1.16. The van der Waals surface area contributed by atoms with Crippen LogP contribution in [0, 0.1) is 0 Å². The van der Waals surface area contributed by atoms with Crippen LogP contribution < -0.4 is 5.32 Å². The largest absolute Gasteiger partial charge is 0.380 e. The topological polar surface area (TPSA) is 37.4 Å². The fraction of sp³-hybridized carbons (Fsp3) is 0.643. The van der Waals surface area contributed by atoms with Gasteiger partial charge in [0.25, 0.3) is 0 Å². The molecule has 0 spiro atoms. The molecule has 0 aliphatic rings. The highest BCUT2D eigenvalue weighted by Gasteiger charge is 1.99. The molecule has 0 aromatic carbocycles. The number of aromatic nitrogens is 1. The second-order valence-corrected chi connectivity index (χ2v) is 4.32. The first-order chi connectivity index (χ1) is 8.83. The Morgan fingerprint density at radius 2 is 2.17 bits per heavy atom. The molecule has 4 heteroatoms. The second kappa shape index (κ2) is 10.00. The maximum atomic E-state index is 5.26. The summed E-state index contributed by atoms with van der Waals surface area (Å²) in [6.07, 6.45) is 2.86. The van der Waals surface area contributed by atoms with E-state index in [0.29, 0.717) is 0 Å². The molecule has 0 fully saturated rings. The third-order valence-corrected chi connectivity index (χ3v) is 2.77. The van der Waals surface area contributed by atoms with E-state index in [1.165, 1.54) is 0 Å². The van der Waals surface area contributed by atoms with E-state index in [9.17, 15) is 0 Å². The maximum Gasteiger partial charge on any atom is 0.0590 e. The predicted octanol–water partition coefficient (Wildman–Crippen LogP) is 1.18. The molecule has 18 heavy (non-hydrogen) atoms. The number of hydrogen-bond acceptors (Lipinski definition) is 4. The van der Waals surface area contributed by atoms with Gasteiger partial charge >= 0.3 is 0 Å². The molecule has 0 aliphatic carbocycles. The van der Waals surface area contributed by atoms with E-state index >= 15 is 0 Å². The van der Waals surface area contributed by atoms with Crippen LogP contribution in [0.1, 0.15) is 12.6 Å². The Morgan fingerprint density at radius 1 is 1.28 bits per heavy atom. The molecule has 0 saturated carbocycles. The van der Waals surface area contributed by atoms with Crippen molar-refractivity contribution in [2.24, 2.45) is 0 Å². The molecule has 1 N–H and O–H groups in total. The van der Waals surface area contributed by atoms with Gasteiger partial charge in [-0.25, -0.2) is 0 Å². The van der Waals surface area contributed by atoms with Crippen molar-refractivity contribution in [1.29, 1.82) is 0 Å². The lowest BCUT2D eigenvalue weighted by Gasteiger charge is -2.16. The van der Waals surface area contributed by atoms with Crippen molar-refractivity contribution in [2.75, 3.05) is 46.4 Å². The summed E-state index contributed by atoms with van der Waals surface area (Å²) in [4.78, 5) is 6.64. The van der Waals surface area contributed by atoms with Crippen LogP contribution in [0.2, 0.25) is 0 Å². The van der Waals surface area contributed by atoms with Gasteiger partial charge in [-0.2, -0.15) is 0 Å². The minimum absolute atomic E-state index is 0.797. The summed E-state index contributed by atoms with van der Waals surface area (Å²) >= 11 is 0. The van der Waals surface area contributed by atoms with E-state index in [-0.39, 0.29) is 0 Å². The van der Waals surface area contributed by atoms with Crippen molar-refractivity contribution < 1.29 is 4.74 Å². The van der Waals surface area contributed by atoms with Gasteiger partial charge in [-0.3, -0.25) is 4.98 Å². The minimum Gasteiger partial charge on any atom is -0.380 e. The zero-order valence-electron chi connectivity index (χ0n) is 11.6. The van der Waals surface area contributed by atoms with E-state index in [4.69, 9.17) is 4.74 Å². The molecule has 1 aromatic heterocycles. The fourth-order valence-electron chi connectivity index (χ4n) is 1.65. The molecule has 1 heterocycles. The first-order valence-corrected chi connectivity index (χ1v) is 6.70. The van der Waals surface area contributed by atoms with Gasteiger partial charge in [0.05, 0.1) is 6.61 Å². The smallest absolute Gasteiger partial charge is 0.0590 e. The molecule has 0 amide bonds. The van der Waals surface area contributed by atoms with Gasteiger partial charge in [-0.15, -0.1) is 0 Å². The first kappa shape index (κ1) is 15.1. The lowest BCUT2D eigenvalue weighted by Crippen LogP contribution is -2.32. The van der Waals surface area contributed by atoms with Gasteiger partial charge in [-0.1, -0.05) is 6.07 Å². The molecule has 4 nitrogen and oxygen atoms in total. The van der Waals surface area contributed by atoms with Gasteiger partial charge in [0.15, 0.2) is 0 Å². The summed E-state index contributed by atoms with van der Waals surface area (Å²) in [6, 6.07) is 6.07. The monoisotopic (exact) mass is 251 g/mol. The number of hydrogen-bond donors (Lipinski definition) is 1. The molecule has 1 aromatic rings. The van der Waals surface area contributed by atoms with E-state index < -0.39 is 0 Å². The molecule has 102 valence electrons. The Kier molecular flexibility index (Phi) is 8.38. The molecule has 0 aliphatic heterocycles. The molecule has 1 rings (SSSR count). The summed E-state index contributed by atoms with van der Waals surface area (Å²) in [7, 11) is 2.15. The van der Waals surface area contributed by atoms with Crippen molar-refractivity contribution in [3.63, 3.8) is 0 Å². The average Bonchev–Trinajstić information content (AvgIpc) is 2.41. The summed E-state index contributed by atoms with van der Waals surface area (Å²) in [5.74, 6) is 0. The highest BCUT2D eigenvalue weighted by Crippen LogP contribution is 1.95. The molecule has 0 atom stereocenters. The van der Waals surface area contributed by atoms with Crippen molar-refractivity contribution in [3.8, 4) is 0 Å². The highest BCUT2D eigenvalue weighted by atomic mass is 16.5. The SMILES string of the molecule is CCOCCNCCN(C)CCc1ccccn1. The Labute approximate surface area is 110 Å². The van der Waals surface area contributed by atoms with Crippen LogP contribution in [0.3, 0.4) is 0 Å². The maximum absolute atomic E-state index is 5.26. The van der Waals surface area contributed by atoms with E-state index in [2.05, 4.69) is 28.3 Å². The molecule has 0 saturated heterocycles. The van der Waals surface area contributed by atoms with Crippen molar-refractivity contribution in [3.05, 3.63) is 30.1 Å². The fourth-order valence-corrected chi connectivity index (χ4v) is 1.65. The molecule has 0 radical (unpaired) electrons. The van der Waals surface area contributed by atoms with E-state index in [0.717, 1.165) is 51.5 Å². The van der Waals surface area contributed by atoms with Gasteiger partial charge in [0.1, 0.15) is 0 Å². The average molecular weight is 251 g/mol. The Balaban J connectivity index is 1.99. The highest BCUT2D eigenvalue weighted by molar-refractivity contribution is 5.03. The Morgan fingerprint density at radius 3 is 2.89 bits per heavy atom. The van der Waals surface area contributed by atoms with Crippen LogP contribution in [0.4, 0.5) is 0 Å². The summed E-state index contributed by atoms with van der Waals surface area (Å²) in [5, 5.41) is 3.37. The van der Waals surface area contributed by atoms with Gasteiger partial charge in [0, 0.05) is 51.1 Å². The van der Waals surface area contributed by atoms with E-state index in [1.807, 2.05) is 25.3 Å². The third kappa shape index (κ3) is 7.37. The number of rotatable bonds is 10. The van der Waals surface area contributed by atoms with Crippen molar-refractivity contribution in [1.82, 2.24) is 15.2 Å². The summed E-state index contributed by atoms with van der Waals surface area (Å²) in [6.45, 7) is 7.65. The van der Waals surface area contributed by atoms with Crippen LogP contribution >= 0.6 is 0 Å². The van der Waals surface area contributed by atoms with Crippen molar-refractivity contribution in [2.45, 2.75) is 13.3 Å². The standard InChI is InChI=1S/C14H25N3O/c1-3-18-13-10-15-9-12-17(2)11-7-14-6-4-5-8-16-14/h4-6,8,15H,3,7,9-13H2,1-2H3. The number of likely N-dealkylation sites (N-methyl/N-ethyl adjacent to an activating group) is 1. The quantitative estimate of drug-likeness (QED) is 0.634. The van der Waals surface area contributed by atoms with Crippen LogP contribution in [0.15, 0.2) is 24.4 Å². The molecular weight excluding hydrogens is 226 g/mol. The zero-order valence-corrected chi connectivity index (χ0v) is 11.6. The lowest BCUT2D eigenvalue weighted by molar-refractivity contribution is 0.148. The first-order valence-electron chi connectivity index (χ1n) is 6.70. The normalized spacial score (nSPS) is 11.1. The van der Waals surface area contributed by atoms with Crippen LogP contribution in [0.5, 0.6) is 0 Å². The minimum atomic E-state index is 0.797. The number of ether oxygens (including phenoxy) is 1. The van der Waals surface area contributed by atoms with Crippen LogP contribution in [-0.4, -0.2) is 56.3 Å². The number of nitrogens with one attached hydrogen (secondary N) is 1. The lowest BCUT2D eigenvalue weighted by atomic mass is 10.2. The van der Waals surface area contributed by atoms with E-state index in [1.54, 1.807) is 0 Å². The molecular formula is C14H25N3O. The van der Waals surface area contributed by atoms with Gasteiger partial charge in [0.2, 0.25) is 0 Å².